The summed E-state index contributed by atoms with van der Waals surface area (Å²) in [6.07, 6.45) is 3.36. The highest BCUT2D eigenvalue weighted by Crippen LogP contribution is 2.22. The maximum Gasteiger partial charge on any atom is 0.0827 e. The van der Waals surface area contributed by atoms with Gasteiger partial charge in [-0.05, 0) is 33.2 Å². The second-order valence-electron chi connectivity index (χ2n) is 5.37. The minimum Gasteiger partial charge on any atom is -0.377 e. The van der Waals surface area contributed by atoms with Gasteiger partial charge in [0.1, 0.15) is 0 Å². The number of hydrogen-bond acceptors (Lipinski definition) is 4. The molecule has 0 amide bonds. The highest BCUT2D eigenvalue weighted by Gasteiger charge is 2.31. The molecule has 0 saturated carbocycles. The van der Waals surface area contributed by atoms with Crippen LogP contribution in [-0.2, 0) is 9.47 Å². The first-order valence-electron chi connectivity index (χ1n) is 6.93. The van der Waals surface area contributed by atoms with E-state index in [0.29, 0.717) is 18.2 Å². The lowest BCUT2D eigenvalue weighted by Crippen LogP contribution is -2.49. The molecule has 0 spiro atoms. The predicted octanol–water partition coefficient (Wildman–Crippen LogP) is 0.864. The van der Waals surface area contributed by atoms with Crippen LogP contribution in [0, 0.1) is 0 Å². The number of rotatable bonds is 6. The largest absolute Gasteiger partial charge is 0.377 e. The summed E-state index contributed by atoms with van der Waals surface area (Å²) in [7, 11) is 0. The summed E-state index contributed by atoms with van der Waals surface area (Å²) in [5, 5.41) is 3.41. The molecule has 0 aliphatic carbocycles. The monoisotopic (exact) mass is 242 g/mol. The molecule has 1 N–H and O–H groups in total. The fourth-order valence-electron chi connectivity index (χ4n) is 2.64. The first-order chi connectivity index (χ1) is 8.25. The van der Waals surface area contributed by atoms with Gasteiger partial charge in [0.05, 0.1) is 25.4 Å². The van der Waals surface area contributed by atoms with Gasteiger partial charge in [-0.15, -0.1) is 0 Å². The van der Waals surface area contributed by atoms with Gasteiger partial charge in [-0.25, -0.2) is 0 Å². The van der Waals surface area contributed by atoms with Crippen LogP contribution in [0.5, 0.6) is 0 Å². The van der Waals surface area contributed by atoms with Gasteiger partial charge in [0, 0.05) is 25.7 Å². The summed E-state index contributed by atoms with van der Waals surface area (Å²) < 4.78 is 11.4. The quantitative estimate of drug-likeness (QED) is 0.701. The van der Waals surface area contributed by atoms with E-state index in [9.17, 15) is 0 Å². The van der Waals surface area contributed by atoms with Crippen molar-refractivity contribution in [2.24, 2.45) is 0 Å². The normalized spacial score (nSPS) is 29.8. The Morgan fingerprint density at radius 3 is 3.18 bits per heavy atom. The molecule has 17 heavy (non-hydrogen) atoms. The summed E-state index contributed by atoms with van der Waals surface area (Å²) in [5.74, 6) is 0. The summed E-state index contributed by atoms with van der Waals surface area (Å²) >= 11 is 0. The number of nitrogens with zero attached hydrogens (tertiary/aromatic N) is 1. The zero-order valence-corrected chi connectivity index (χ0v) is 11.2. The van der Waals surface area contributed by atoms with Crippen molar-refractivity contribution in [3.05, 3.63) is 0 Å². The molecule has 2 saturated heterocycles. The second kappa shape index (κ2) is 6.69. The Morgan fingerprint density at radius 1 is 1.47 bits per heavy atom. The summed E-state index contributed by atoms with van der Waals surface area (Å²) in [5.41, 5.74) is 0. The van der Waals surface area contributed by atoms with Crippen LogP contribution in [0.4, 0.5) is 0 Å². The minimum absolute atomic E-state index is 0.327. The van der Waals surface area contributed by atoms with Crippen LogP contribution in [0.2, 0.25) is 0 Å². The van der Waals surface area contributed by atoms with Gasteiger partial charge >= 0.3 is 0 Å². The van der Waals surface area contributed by atoms with E-state index in [-0.39, 0.29) is 0 Å². The second-order valence-corrected chi connectivity index (χ2v) is 5.37. The molecular formula is C13H26N2O2. The topological polar surface area (TPSA) is 33.7 Å². The lowest BCUT2D eigenvalue weighted by Gasteiger charge is -2.35. The van der Waals surface area contributed by atoms with E-state index in [1.165, 1.54) is 19.4 Å². The predicted molar refractivity (Wildman–Crippen MR) is 68.3 cm³/mol. The molecule has 2 aliphatic rings. The third-order valence-electron chi connectivity index (χ3n) is 3.56. The SMILES string of the molecule is CC(C)OCCNCC1CN2CCCC2CO1. The van der Waals surface area contributed by atoms with Crippen LogP contribution in [0.3, 0.4) is 0 Å². The maximum atomic E-state index is 5.87. The van der Waals surface area contributed by atoms with Crippen LogP contribution < -0.4 is 5.32 Å². The molecular weight excluding hydrogens is 216 g/mol. The first kappa shape index (κ1) is 13.3. The number of hydrogen-bond donors (Lipinski definition) is 1. The molecule has 2 fully saturated rings. The van der Waals surface area contributed by atoms with E-state index in [2.05, 4.69) is 24.1 Å². The van der Waals surface area contributed by atoms with Crippen LogP contribution in [0.15, 0.2) is 0 Å². The Balaban J connectivity index is 1.54. The van der Waals surface area contributed by atoms with Gasteiger partial charge < -0.3 is 14.8 Å². The number of fused-ring (bicyclic) bond motifs is 1. The molecule has 2 atom stereocenters. The fourth-order valence-corrected chi connectivity index (χ4v) is 2.64. The van der Waals surface area contributed by atoms with Crippen molar-refractivity contribution in [3.8, 4) is 0 Å². The average molecular weight is 242 g/mol. The van der Waals surface area contributed by atoms with E-state index < -0.39 is 0 Å². The van der Waals surface area contributed by atoms with Crippen molar-refractivity contribution < 1.29 is 9.47 Å². The van der Waals surface area contributed by atoms with Crippen molar-refractivity contribution in [3.63, 3.8) is 0 Å². The summed E-state index contributed by atoms with van der Waals surface area (Å²) in [4.78, 5) is 2.58. The lowest BCUT2D eigenvalue weighted by atomic mass is 10.2. The van der Waals surface area contributed by atoms with E-state index in [4.69, 9.17) is 9.47 Å². The highest BCUT2D eigenvalue weighted by molar-refractivity contribution is 4.85. The zero-order valence-electron chi connectivity index (χ0n) is 11.2. The van der Waals surface area contributed by atoms with E-state index in [1.54, 1.807) is 0 Å². The Hall–Kier alpha value is -0.160. The third-order valence-corrected chi connectivity index (χ3v) is 3.56. The van der Waals surface area contributed by atoms with Crippen LogP contribution >= 0.6 is 0 Å². The molecule has 2 rings (SSSR count). The molecule has 0 aromatic rings. The molecule has 4 nitrogen and oxygen atoms in total. The zero-order chi connectivity index (χ0) is 12.1. The van der Waals surface area contributed by atoms with Crippen LogP contribution in [0.25, 0.3) is 0 Å². The molecule has 2 aliphatic heterocycles. The summed E-state index contributed by atoms with van der Waals surface area (Å²) in [6.45, 7) is 10.1. The van der Waals surface area contributed by atoms with Gasteiger partial charge in [-0.2, -0.15) is 0 Å². The molecule has 4 heteroatoms. The Labute approximate surface area is 105 Å². The number of ether oxygens (including phenoxy) is 2. The van der Waals surface area contributed by atoms with Gasteiger partial charge in [0.2, 0.25) is 0 Å². The number of morpholine rings is 1. The smallest absolute Gasteiger partial charge is 0.0827 e. The van der Waals surface area contributed by atoms with E-state index in [0.717, 1.165) is 32.8 Å². The molecule has 0 bridgehead atoms. The van der Waals surface area contributed by atoms with Gasteiger partial charge in [0.15, 0.2) is 0 Å². The molecule has 100 valence electrons. The number of nitrogens with one attached hydrogen (secondary N) is 1. The summed E-state index contributed by atoms with van der Waals surface area (Å²) in [6, 6.07) is 0.704. The maximum absolute atomic E-state index is 5.87. The first-order valence-corrected chi connectivity index (χ1v) is 6.93. The molecule has 2 unspecified atom stereocenters. The van der Waals surface area contributed by atoms with E-state index in [1.807, 2.05) is 0 Å². The molecule has 0 aromatic heterocycles. The van der Waals surface area contributed by atoms with Crippen molar-refractivity contribution in [1.29, 1.82) is 0 Å². The minimum atomic E-state index is 0.327. The van der Waals surface area contributed by atoms with Crippen LogP contribution in [0.1, 0.15) is 26.7 Å². The van der Waals surface area contributed by atoms with Gasteiger partial charge in [-0.3, -0.25) is 4.90 Å². The van der Waals surface area contributed by atoms with Crippen molar-refractivity contribution in [1.82, 2.24) is 10.2 Å². The Kier molecular flexibility index (Phi) is 5.22. The van der Waals surface area contributed by atoms with Gasteiger partial charge in [-0.1, -0.05) is 0 Å². The Morgan fingerprint density at radius 2 is 2.35 bits per heavy atom. The van der Waals surface area contributed by atoms with Crippen molar-refractivity contribution in [2.75, 3.05) is 39.4 Å². The average Bonchev–Trinajstić information content (AvgIpc) is 2.75. The standard InChI is InChI=1S/C13H26N2O2/c1-11(2)16-7-5-14-8-13-9-15-6-3-4-12(15)10-17-13/h11-14H,3-10H2,1-2H3. The third kappa shape index (κ3) is 4.21. The molecule has 2 heterocycles. The highest BCUT2D eigenvalue weighted by atomic mass is 16.5. The van der Waals surface area contributed by atoms with E-state index >= 15 is 0 Å². The Bertz CT molecular complexity index is 223. The van der Waals surface area contributed by atoms with Gasteiger partial charge in [0.25, 0.3) is 0 Å². The fraction of sp³-hybridized carbons (Fsp3) is 1.00. The van der Waals surface area contributed by atoms with Crippen molar-refractivity contribution in [2.45, 2.75) is 44.9 Å². The molecule has 0 radical (unpaired) electrons. The molecule has 0 aromatic carbocycles. The van der Waals surface area contributed by atoms with Crippen LogP contribution in [-0.4, -0.2) is 62.5 Å². The lowest BCUT2D eigenvalue weighted by molar-refractivity contribution is -0.0475. The van der Waals surface area contributed by atoms with Crippen molar-refractivity contribution >= 4 is 0 Å².